The maximum Gasteiger partial charge on any atom is 0.257 e. The van der Waals surface area contributed by atoms with E-state index in [0.717, 1.165) is 12.2 Å². The van der Waals surface area contributed by atoms with Crippen molar-refractivity contribution in [2.45, 2.75) is 26.1 Å². The summed E-state index contributed by atoms with van der Waals surface area (Å²) in [5, 5.41) is 12.2. The predicted molar refractivity (Wildman–Crippen MR) is 73.6 cm³/mol. The summed E-state index contributed by atoms with van der Waals surface area (Å²) in [5.74, 6) is 0.0168. The first-order chi connectivity index (χ1) is 10.2. The van der Waals surface area contributed by atoms with Gasteiger partial charge in [0.05, 0.1) is 30.6 Å². The normalized spacial score (nSPS) is 15.2. The molecule has 2 aromatic heterocycles. The summed E-state index contributed by atoms with van der Waals surface area (Å²) in [4.78, 5) is 14.0. The van der Waals surface area contributed by atoms with E-state index in [1.165, 1.54) is 0 Å². The van der Waals surface area contributed by atoms with Crippen molar-refractivity contribution in [2.75, 3.05) is 20.2 Å². The summed E-state index contributed by atoms with van der Waals surface area (Å²) < 4.78 is 8.56. The number of hydrogen-bond donors (Lipinski definition) is 0. The quantitative estimate of drug-likeness (QED) is 0.793. The highest BCUT2D eigenvalue weighted by atomic mass is 16.5. The van der Waals surface area contributed by atoms with Crippen molar-refractivity contribution >= 4 is 5.91 Å². The zero-order chi connectivity index (χ0) is 14.8. The van der Waals surface area contributed by atoms with Gasteiger partial charge >= 0.3 is 0 Å². The zero-order valence-electron chi connectivity index (χ0n) is 12.1. The molecule has 1 fully saturated rings. The second-order valence-corrected chi connectivity index (χ2v) is 5.07. The summed E-state index contributed by atoms with van der Waals surface area (Å²) >= 11 is 0. The largest absolute Gasteiger partial charge is 0.378 e. The number of aryl methyl sites for hydroxylation is 1. The van der Waals surface area contributed by atoms with Gasteiger partial charge in [-0.25, -0.2) is 4.68 Å². The van der Waals surface area contributed by atoms with E-state index >= 15 is 0 Å². The highest BCUT2D eigenvalue weighted by molar-refractivity contribution is 5.94. The molecule has 0 bridgehead atoms. The summed E-state index contributed by atoms with van der Waals surface area (Å²) in [7, 11) is 1.62. The van der Waals surface area contributed by atoms with Gasteiger partial charge in [-0.3, -0.25) is 9.48 Å². The average molecular weight is 290 g/mol. The Balaban J connectivity index is 1.58. The standard InChI is InChI=1S/C13H18N6O2/c1-3-18-5-10(4-14-18)13(20)17-7-12(8-17)19-6-11(9-21-2)15-16-19/h4-6,12H,3,7-9H2,1-2H3. The number of carbonyl (C=O) groups is 1. The Morgan fingerprint density at radius 2 is 2.24 bits per heavy atom. The molecule has 21 heavy (non-hydrogen) atoms. The molecule has 0 aliphatic carbocycles. The van der Waals surface area contributed by atoms with Gasteiger partial charge in [-0.1, -0.05) is 5.21 Å². The Morgan fingerprint density at radius 3 is 2.90 bits per heavy atom. The van der Waals surface area contributed by atoms with E-state index in [9.17, 15) is 4.79 Å². The van der Waals surface area contributed by atoms with Crippen molar-refractivity contribution < 1.29 is 9.53 Å². The van der Waals surface area contributed by atoms with Crippen molar-refractivity contribution in [1.82, 2.24) is 29.7 Å². The highest BCUT2D eigenvalue weighted by Gasteiger charge is 2.33. The number of carbonyl (C=O) groups excluding carboxylic acids is 1. The molecule has 3 heterocycles. The van der Waals surface area contributed by atoms with Gasteiger partial charge in [0.2, 0.25) is 0 Å². The van der Waals surface area contributed by atoms with Crippen molar-refractivity contribution in [3.05, 3.63) is 29.8 Å². The predicted octanol–water partition coefficient (Wildman–Crippen LogP) is 0.338. The van der Waals surface area contributed by atoms with Gasteiger partial charge in [0, 0.05) is 32.9 Å². The molecule has 8 heteroatoms. The zero-order valence-corrected chi connectivity index (χ0v) is 12.1. The first-order valence-corrected chi connectivity index (χ1v) is 6.92. The lowest BCUT2D eigenvalue weighted by Crippen LogP contribution is -2.50. The van der Waals surface area contributed by atoms with E-state index in [0.29, 0.717) is 25.3 Å². The van der Waals surface area contributed by atoms with Crippen LogP contribution in [0.15, 0.2) is 18.6 Å². The number of aromatic nitrogens is 5. The third-order valence-corrected chi connectivity index (χ3v) is 3.58. The first-order valence-electron chi connectivity index (χ1n) is 6.92. The molecule has 8 nitrogen and oxygen atoms in total. The fraction of sp³-hybridized carbons (Fsp3) is 0.538. The minimum absolute atomic E-state index is 0.0168. The molecule has 0 unspecified atom stereocenters. The monoisotopic (exact) mass is 290 g/mol. The molecule has 112 valence electrons. The minimum Gasteiger partial charge on any atom is -0.378 e. The Bertz CT molecular complexity index is 628. The molecule has 0 N–H and O–H groups in total. The highest BCUT2D eigenvalue weighted by Crippen LogP contribution is 2.22. The lowest BCUT2D eigenvalue weighted by atomic mass is 10.1. The van der Waals surface area contributed by atoms with E-state index in [4.69, 9.17) is 4.74 Å². The van der Waals surface area contributed by atoms with E-state index in [1.54, 1.807) is 33.8 Å². The van der Waals surface area contributed by atoms with Crippen LogP contribution in [0.3, 0.4) is 0 Å². The molecule has 0 atom stereocenters. The van der Waals surface area contributed by atoms with Crippen molar-refractivity contribution in [3.8, 4) is 0 Å². The Hall–Kier alpha value is -2.22. The number of methoxy groups -OCH3 is 1. The Morgan fingerprint density at radius 1 is 1.43 bits per heavy atom. The van der Waals surface area contributed by atoms with Crippen LogP contribution >= 0.6 is 0 Å². The number of amides is 1. The molecule has 3 rings (SSSR count). The number of ether oxygens (including phenoxy) is 1. The number of likely N-dealkylation sites (tertiary alicyclic amines) is 1. The molecule has 0 aromatic carbocycles. The van der Waals surface area contributed by atoms with Gasteiger partial charge in [0.1, 0.15) is 5.69 Å². The molecule has 0 saturated carbocycles. The van der Waals surface area contributed by atoms with Crippen molar-refractivity contribution in [2.24, 2.45) is 0 Å². The van der Waals surface area contributed by atoms with Crippen LogP contribution in [0.5, 0.6) is 0 Å². The maximum absolute atomic E-state index is 12.2. The van der Waals surface area contributed by atoms with Gasteiger partial charge in [0.25, 0.3) is 5.91 Å². The number of nitrogens with zero attached hydrogens (tertiary/aromatic N) is 6. The van der Waals surface area contributed by atoms with Crippen LogP contribution in [0.4, 0.5) is 0 Å². The lowest BCUT2D eigenvalue weighted by Gasteiger charge is -2.38. The third-order valence-electron chi connectivity index (χ3n) is 3.58. The average Bonchev–Trinajstić information content (AvgIpc) is 3.06. The lowest BCUT2D eigenvalue weighted by molar-refractivity contribution is 0.0498. The fourth-order valence-electron chi connectivity index (χ4n) is 2.32. The van der Waals surface area contributed by atoms with Gasteiger partial charge in [-0.2, -0.15) is 5.10 Å². The molecule has 0 radical (unpaired) electrons. The van der Waals surface area contributed by atoms with Crippen LogP contribution in [0.2, 0.25) is 0 Å². The van der Waals surface area contributed by atoms with Gasteiger partial charge < -0.3 is 9.64 Å². The second-order valence-electron chi connectivity index (χ2n) is 5.07. The molecule has 1 aliphatic rings. The molecular weight excluding hydrogens is 272 g/mol. The summed E-state index contributed by atoms with van der Waals surface area (Å²) in [6.45, 7) is 4.49. The van der Waals surface area contributed by atoms with Crippen LogP contribution < -0.4 is 0 Å². The van der Waals surface area contributed by atoms with Crippen LogP contribution in [-0.4, -0.2) is 55.8 Å². The summed E-state index contributed by atoms with van der Waals surface area (Å²) in [5.41, 5.74) is 1.43. The van der Waals surface area contributed by atoms with Crippen LogP contribution in [0, 0.1) is 0 Å². The summed E-state index contributed by atoms with van der Waals surface area (Å²) in [6, 6.07) is 0.188. The summed E-state index contributed by atoms with van der Waals surface area (Å²) in [6.07, 6.45) is 5.26. The smallest absolute Gasteiger partial charge is 0.257 e. The van der Waals surface area contributed by atoms with Crippen LogP contribution in [-0.2, 0) is 17.9 Å². The van der Waals surface area contributed by atoms with Gasteiger partial charge in [-0.15, -0.1) is 5.10 Å². The number of rotatable bonds is 5. The molecule has 1 aliphatic heterocycles. The van der Waals surface area contributed by atoms with E-state index in [2.05, 4.69) is 15.4 Å². The Kier molecular flexibility index (Phi) is 3.70. The maximum atomic E-state index is 12.2. The molecule has 1 saturated heterocycles. The van der Waals surface area contributed by atoms with Crippen molar-refractivity contribution in [3.63, 3.8) is 0 Å². The molecule has 0 spiro atoms. The molecule has 2 aromatic rings. The first kappa shape index (κ1) is 13.7. The van der Waals surface area contributed by atoms with E-state index < -0.39 is 0 Å². The molecular formula is C13H18N6O2. The fourth-order valence-corrected chi connectivity index (χ4v) is 2.32. The van der Waals surface area contributed by atoms with Gasteiger partial charge in [-0.05, 0) is 6.92 Å². The van der Waals surface area contributed by atoms with E-state index in [-0.39, 0.29) is 11.9 Å². The minimum atomic E-state index is 0.0168. The Labute approximate surface area is 122 Å². The van der Waals surface area contributed by atoms with Crippen LogP contribution in [0.1, 0.15) is 29.0 Å². The SMILES string of the molecule is CCn1cc(C(=O)N2CC(n3cc(COC)nn3)C2)cn1. The van der Waals surface area contributed by atoms with Gasteiger partial charge in [0.15, 0.2) is 0 Å². The third kappa shape index (κ3) is 2.66. The topological polar surface area (TPSA) is 78.1 Å². The number of hydrogen-bond acceptors (Lipinski definition) is 5. The second kappa shape index (κ2) is 5.65. The van der Waals surface area contributed by atoms with Crippen LogP contribution in [0.25, 0.3) is 0 Å². The van der Waals surface area contributed by atoms with Crippen molar-refractivity contribution in [1.29, 1.82) is 0 Å². The molecule has 1 amide bonds. The van der Waals surface area contributed by atoms with E-state index in [1.807, 2.05) is 13.1 Å².